The Kier molecular flexibility index (Phi) is 5.65. The van der Waals surface area contributed by atoms with Crippen molar-refractivity contribution in [3.63, 3.8) is 0 Å². The monoisotopic (exact) mass is 413 g/mol. The normalized spacial score (nSPS) is 11.3. The third-order valence-electron chi connectivity index (χ3n) is 4.10. The number of carbonyl (C=O) groups is 1. The van der Waals surface area contributed by atoms with Crippen molar-refractivity contribution < 1.29 is 14.6 Å². The topological polar surface area (TPSA) is 114 Å². The number of aromatic hydroxyl groups is 1. The minimum absolute atomic E-state index is 0.147. The molecule has 1 heterocycles. The van der Waals surface area contributed by atoms with Crippen LogP contribution in [0.2, 0.25) is 5.02 Å². The van der Waals surface area contributed by atoms with Crippen LogP contribution >= 0.6 is 11.6 Å². The van der Waals surface area contributed by atoms with E-state index >= 15 is 0 Å². The van der Waals surface area contributed by atoms with Gasteiger partial charge < -0.3 is 9.84 Å². The highest BCUT2D eigenvalue weighted by Gasteiger charge is 2.18. The summed E-state index contributed by atoms with van der Waals surface area (Å²) in [6.45, 7) is 1.51. The van der Waals surface area contributed by atoms with Gasteiger partial charge in [0.05, 0.1) is 29.8 Å². The summed E-state index contributed by atoms with van der Waals surface area (Å²) >= 11 is 5.86. The number of aromatic amines is 1. The smallest absolute Gasteiger partial charge is 0.337 e. The highest BCUT2D eigenvalue weighted by molar-refractivity contribution is 6.30. The van der Waals surface area contributed by atoms with Gasteiger partial charge in [-0.3, -0.25) is 14.8 Å². The molecule has 0 atom stereocenters. The van der Waals surface area contributed by atoms with E-state index in [4.69, 9.17) is 11.6 Å². The van der Waals surface area contributed by atoms with Crippen molar-refractivity contribution in [2.24, 2.45) is 4.99 Å². The number of benzene rings is 2. The Balaban J connectivity index is 2.14. The molecule has 2 N–H and O–H groups in total. The van der Waals surface area contributed by atoms with Crippen molar-refractivity contribution >= 4 is 29.0 Å². The van der Waals surface area contributed by atoms with Gasteiger partial charge in [0.15, 0.2) is 0 Å². The molecule has 0 fully saturated rings. The van der Waals surface area contributed by atoms with E-state index in [1.54, 1.807) is 30.3 Å². The highest BCUT2D eigenvalue weighted by atomic mass is 35.5. The zero-order chi connectivity index (χ0) is 21.1. The molecule has 29 heavy (non-hydrogen) atoms. The molecule has 2 aromatic carbocycles. The van der Waals surface area contributed by atoms with Gasteiger partial charge in [0.2, 0.25) is 5.88 Å². The first-order chi connectivity index (χ1) is 13.8. The second kappa shape index (κ2) is 8.15. The fourth-order valence-corrected chi connectivity index (χ4v) is 2.88. The molecular weight excluding hydrogens is 398 g/mol. The number of nitrogens with zero attached hydrogens (tertiary/aromatic N) is 2. The van der Waals surface area contributed by atoms with Gasteiger partial charge >= 0.3 is 11.7 Å². The molecule has 0 amide bonds. The van der Waals surface area contributed by atoms with Crippen molar-refractivity contribution in [1.29, 1.82) is 0 Å². The fraction of sp³-hybridized carbons (Fsp3) is 0.100. The van der Waals surface area contributed by atoms with Crippen molar-refractivity contribution in [3.8, 4) is 11.6 Å². The second-order valence-corrected chi connectivity index (χ2v) is 6.45. The number of hydrogen-bond acceptors (Lipinski definition) is 6. The molecule has 0 saturated carbocycles. The molecule has 1 aromatic heterocycles. The quantitative estimate of drug-likeness (QED) is 0.504. The molecular formula is C20H16ClN3O5. The SMILES string of the molecule is COC(=O)c1cccc(N=C(C)c2c(O)n(-c3ccc(Cl)cc3)c(=O)[nH]c2=O)c1. The molecule has 0 spiro atoms. The van der Waals surface area contributed by atoms with Crippen LogP contribution in [0, 0.1) is 0 Å². The molecule has 8 nitrogen and oxygen atoms in total. The van der Waals surface area contributed by atoms with Gasteiger partial charge in [-0.2, -0.15) is 0 Å². The van der Waals surface area contributed by atoms with Crippen LogP contribution in [0.4, 0.5) is 5.69 Å². The van der Waals surface area contributed by atoms with Gasteiger partial charge in [0.1, 0.15) is 5.56 Å². The Hall–Kier alpha value is -3.65. The Morgan fingerprint density at radius 2 is 1.86 bits per heavy atom. The Bertz CT molecular complexity index is 1230. The molecule has 0 radical (unpaired) electrons. The number of nitrogens with one attached hydrogen (secondary N) is 1. The van der Waals surface area contributed by atoms with Gasteiger partial charge in [-0.25, -0.2) is 14.2 Å². The number of H-pyrrole nitrogens is 1. The molecule has 0 unspecified atom stereocenters. The van der Waals surface area contributed by atoms with Crippen LogP contribution in [0.3, 0.4) is 0 Å². The van der Waals surface area contributed by atoms with Gasteiger partial charge in [-0.15, -0.1) is 0 Å². The number of aromatic nitrogens is 2. The number of hydrogen-bond donors (Lipinski definition) is 2. The average molecular weight is 414 g/mol. The number of halogens is 1. The minimum Gasteiger partial charge on any atom is -0.493 e. The Morgan fingerprint density at radius 1 is 1.17 bits per heavy atom. The van der Waals surface area contributed by atoms with Crippen molar-refractivity contribution in [3.05, 3.63) is 85.5 Å². The predicted octanol–water partition coefficient (Wildman–Crippen LogP) is 2.81. The molecule has 0 saturated heterocycles. The summed E-state index contributed by atoms with van der Waals surface area (Å²) in [6, 6.07) is 12.4. The molecule has 0 aliphatic carbocycles. The zero-order valence-electron chi connectivity index (χ0n) is 15.5. The summed E-state index contributed by atoms with van der Waals surface area (Å²) in [5, 5.41) is 11.1. The molecule has 0 bridgehead atoms. The summed E-state index contributed by atoms with van der Waals surface area (Å²) in [4.78, 5) is 42.8. The molecule has 148 valence electrons. The molecule has 3 rings (SSSR count). The maximum atomic E-state index is 12.3. The zero-order valence-corrected chi connectivity index (χ0v) is 16.2. The summed E-state index contributed by atoms with van der Waals surface area (Å²) in [5.74, 6) is -1.09. The summed E-state index contributed by atoms with van der Waals surface area (Å²) in [5.41, 5.74) is -0.659. The van der Waals surface area contributed by atoms with Gasteiger partial charge in [-0.1, -0.05) is 17.7 Å². The van der Waals surface area contributed by atoms with Crippen LogP contribution in [0.1, 0.15) is 22.8 Å². The molecule has 9 heteroatoms. The largest absolute Gasteiger partial charge is 0.493 e. The first kappa shape index (κ1) is 20.1. The van der Waals surface area contributed by atoms with E-state index in [2.05, 4.69) is 14.7 Å². The number of esters is 1. The van der Waals surface area contributed by atoms with Crippen LogP contribution in [-0.4, -0.2) is 33.4 Å². The minimum atomic E-state index is -0.806. The molecule has 0 aliphatic heterocycles. The van der Waals surface area contributed by atoms with Crippen LogP contribution < -0.4 is 11.2 Å². The van der Waals surface area contributed by atoms with E-state index in [1.807, 2.05) is 0 Å². The average Bonchev–Trinajstić information content (AvgIpc) is 2.68. The number of aliphatic imine (C=N–C) groups is 1. The number of carbonyl (C=O) groups excluding carboxylic acids is 1. The lowest BCUT2D eigenvalue weighted by Gasteiger charge is -2.11. The molecule has 3 aromatic rings. The summed E-state index contributed by atoms with van der Waals surface area (Å²) < 4.78 is 5.62. The van der Waals surface area contributed by atoms with E-state index in [1.165, 1.54) is 32.2 Å². The lowest BCUT2D eigenvalue weighted by molar-refractivity contribution is 0.0600. The van der Waals surface area contributed by atoms with Gasteiger partial charge in [0.25, 0.3) is 5.56 Å². The van der Waals surface area contributed by atoms with Crippen LogP contribution in [-0.2, 0) is 4.74 Å². The van der Waals surface area contributed by atoms with E-state index in [-0.39, 0.29) is 16.8 Å². The number of methoxy groups -OCH3 is 1. The Morgan fingerprint density at radius 3 is 2.52 bits per heavy atom. The lowest BCUT2D eigenvalue weighted by Crippen LogP contribution is -2.32. The van der Waals surface area contributed by atoms with Gasteiger partial charge in [-0.05, 0) is 49.4 Å². The number of rotatable bonds is 4. The van der Waals surface area contributed by atoms with Crippen LogP contribution in [0.15, 0.2) is 63.1 Å². The van der Waals surface area contributed by atoms with Crippen molar-refractivity contribution in [2.75, 3.05) is 7.11 Å². The van der Waals surface area contributed by atoms with Crippen LogP contribution in [0.25, 0.3) is 5.69 Å². The highest BCUT2D eigenvalue weighted by Crippen LogP contribution is 2.21. The third-order valence-corrected chi connectivity index (χ3v) is 4.35. The van der Waals surface area contributed by atoms with E-state index in [9.17, 15) is 19.5 Å². The maximum absolute atomic E-state index is 12.3. The second-order valence-electron chi connectivity index (χ2n) is 6.01. The third kappa shape index (κ3) is 4.12. The first-order valence-corrected chi connectivity index (χ1v) is 8.78. The Labute approximate surface area is 169 Å². The predicted molar refractivity (Wildman–Crippen MR) is 109 cm³/mol. The van der Waals surface area contributed by atoms with E-state index < -0.39 is 23.1 Å². The standard InChI is InChI=1S/C20H16ClN3O5/c1-11(22-14-5-3-4-12(10-14)19(27)29-2)16-17(25)23-20(28)24(18(16)26)15-8-6-13(21)7-9-15/h3-10,26H,1-2H3,(H,23,25,28). The van der Waals surface area contributed by atoms with E-state index in [0.29, 0.717) is 16.4 Å². The number of ether oxygens (including phenoxy) is 1. The molecule has 0 aliphatic rings. The summed E-state index contributed by atoms with van der Waals surface area (Å²) in [7, 11) is 1.26. The maximum Gasteiger partial charge on any atom is 0.337 e. The van der Waals surface area contributed by atoms with E-state index in [0.717, 1.165) is 4.57 Å². The van der Waals surface area contributed by atoms with Crippen molar-refractivity contribution in [2.45, 2.75) is 6.92 Å². The first-order valence-electron chi connectivity index (χ1n) is 8.40. The van der Waals surface area contributed by atoms with Crippen molar-refractivity contribution in [1.82, 2.24) is 9.55 Å². The lowest BCUT2D eigenvalue weighted by atomic mass is 10.1. The summed E-state index contributed by atoms with van der Waals surface area (Å²) in [6.07, 6.45) is 0. The van der Waals surface area contributed by atoms with Crippen LogP contribution in [0.5, 0.6) is 5.88 Å². The fourth-order valence-electron chi connectivity index (χ4n) is 2.75. The van der Waals surface area contributed by atoms with Gasteiger partial charge in [0, 0.05) is 5.02 Å².